The number of nitrogens with zero attached hydrogens (tertiary/aromatic N) is 2. The monoisotopic (exact) mass is 602 g/mol. The Morgan fingerprint density at radius 2 is 1.25 bits per heavy atom. The summed E-state index contributed by atoms with van der Waals surface area (Å²) in [5.41, 5.74) is 5.83. The molecular weight excluding hydrogens is 555 g/mol. The zero-order valence-corrected chi connectivity index (χ0v) is 29.7. The number of hydrogen-bond donors (Lipinski definition) is 0. The average molecular weight is 603 g/mol. The van der Waals surface area contributed by atoms with Crippen LogP contribution in [-0.2, 0) is 10.6 Å². The molecule has 7 rings (SSSR count). The molecule has 0 N–H and O–H groups in total. The van der Waals surface area contributed by atoms with Crippen molar-refractivity contribution < 1.29 is 0 Å². The van der Waals surface area contributed by atoms with E-state index in [9.17, 15) is 0 Å². The van der Waals surface area contributed by atoms with Crippen LogP contribution >= 0.6 is 18.5 Å². The lowest BCUT2D eigenvalue weighted by atomic mass is 9.43. The summed E-state index contributed by atoms with van der Waals surface area (Å²) in [5, 5.41) is 2.96. The molecule has 3 aromatic rings. The van der Waals surface area contributed by atoms with Crippen molar-refractivity contribution in [2.45, 2.75) is 82.0 Å². The molecule has 40 heavy (non-hydrogen) atoms. The van der Waals surface area contributed by atoms with E-state index in [4.69, 9.17) is 0 Å². The Labute approximate surface area is 249 Å². The molecule has 0 saturated heterocycles. The molecule has 2 unspecified atom stereocenters. The second-order valence-electron chi connectivity index (χ2n) is 15.3. The van der Waals surface area contributed by atoms with Crippen LogP contribution in [0.5, 0.6) is 0 Å². The van der Waals surface area contributed by atoms with Gasteiger partial charge in [0.15, 0.2) is 0 Å². The second kappa shape index (κ2) is 10.2. The maximum atomic E-state index is 4.66. The molecule has 0 spiro atoms. The van der Waals surface area contributed by atoms with E-state index in [1.165, 1.54) is 48.8 Å². The van der Waals surface area contributed by atoms with Crippen LogP contribution in [0.1, 0.15) is 54.4 Å². The SMILES string of the molecule is C[Si](C)(C)c1cc(C(P)(c2cccnc2)c2cccnc2)c(C2(CP)C3CC4CC(C3)CC2C4)cc1[Si](C)(C)C. The molecule has 0 aliphatic heterocycles. The van der Waals surface area contributed by atoms with Crippen LogP contribution in [0.3, 0.4) is 0 Å². The molecule has 4 aliphatic rings. The lowest BCUT2D eigenvalue weighted by Gasteiger charge is -2.62. The third-order valence-electron chi connectivity index (χ3n) is 10.9. The molecule has 1 aromatic carbocycles. The van der Waals surface area contributed by atoms with Crippen molar-refractivity contribution in [1.82, 2.24) is 9.97 Å². The zero-order chi connectivity index (χ0) is 28.5. The van der Waals surface area contributed by atoms with Crippen LogP contribution in [0.15, 0.2) is 61.2 Å². The highest BCUT2D eigenvalue weighted by Gasteiger charge is 2.58. The van der Waals surface area contributed by atoms with Gasteiger partial charge in [-0.3, -0.25) is 9.97 Å². The van der Waals surface area contributed by atoms with Gasteiger partial charge in [-0.1, -0.05) is 73.9 Å². The fourth-order valence-corrected chi connectivity index (χ4v) is 15.8. The molecule has 4 aliphatic carbocycles. The maximum Gasteiger partial charge on any atom is 0.0774 e. The van der Waals surface area contributed by atoms with Gasteiger partial charge in [-0.05, 0) is 96.3 Å². The molecule has 6 heteroatoms. The molecule has 2 aromatic heterocycles. The number of benzene rings is 1. The van der Waals surface area contributed by atoms with Crippen LogP contribution in [-0.4, -0.2) is 32.3 Å². The zero-order valence-electron chi connectivity index (χ0n) is 25.4. The highest BCUT2D eigenvalue weighted by Crippen LogP contribution is 2.65. The van der Waals surface area contributed by atoms with E-state index in [0.29, 0.717) is 0 Å². The summed E-state index contributed by atoms with van der Waals surface area (Å²) in [6, 6.07) is 14.3. The maximum absolute atomic E-state index is 4.66. The first-order valence-electron chi connectivity index (χ1n) is 15.4. The van der Waals surface area contributed by atoms with Crippen LogP contribution in [0, 0.1) is 23.7 Å². The Hall–Kier alpha value is -1.19. The first kappa shape index (κ1) is 28.9. The van der Waals surface area contributed by atoms with Gasteiger partial charge in [-0.15, -0.1) is 18.5 Å². The number of pyridine rings is 2. The Balaban J connectivity index is 1.73. The van der Waals surface area contributed by atoms with Gasteiger partial charge in [-0.25, -0.2) is 0 Å². The van der Waals surface area contributed by atoms with Crippen molar-refractivity contribution in [2.24, 2.45) is 23.7 Å². The van der Waals surface area contributed by atoms with E-state index in [1.54, 1.807) is 15.9 Å². The molecular formula is C34H48N2P2Si2. The summed E-state index contributed by atoms with van der Waals surface area (Å²) in [6.45, 7) is 15.3. The van der Waals surface area contributed by atoms with Gasteiger partial charge in [0.05, 0.1) is 21.3 Å². The Kier molecular flexibility index (Phi) is 7.39. The highest BCUT2D eigenvalue weighted by atomic mass is 31.0. The summed E-state index contributed by atoms with van der Waals surface area (Å²) in [5.74, 6) is 3.46. The lowest BCUT2D eigenvalue weighted by molar-refractivity contribution is -0.0504. The molecule has 212 valence electrons. The standard InChI is InChI=1S/C34H48N2P2Si2/c1-39(2,3)31-18-29(33(22-37)27-14-23-13-24(16-27)17-28(33)15-23)30(19-32(31)40(4,5)6)34(38,25-9-7-11-35-20-25)26-10-8-12-36-21-26/h7-12,18-21,23-24,27-28H,13-17,22,37-38H2,1-6H3. The van der Waals surface area contributed by atoms with Gasteiger partial charge in [-0.2, -0.15) is 0 Å². The van der Waals surface area contributed by atoms with Gasteiger partial charge in [0.1, 0.15) is 0 Å². The number of rotatable bonds is 7. The first-order valence-corrected chi connectivity index (χ1v) is 23.8. The lowest BCUT2D eigenvalue weighted by Crippen LogP contribution is -2.60. The van der Waals surface area contributed by atoms with Crippen LogP contribution in [0.25, 0.3) is 0 Å². The minimum Gasteiger partial charge on any atom is -0.264 e. The Morgan fingerprint density at radius 3 is 1.65 bits per heavy atom. The van der Waals surface area contributed by atoms with Gasteiger partial charge < -0.3 is 0 Å². The average Bonchev–Trinajstić information content (AvgIpc) is 2.92. The van der Waals surface area contributed by atoms with Crippen LogP contribution in [0.2, 0.25) is 39.3 Å². The van der Waals surface area contributed by atoms with Crippen molar-refractivity contribution in [3.05, 3.63) is 83.4 Å². The Morgan fingerprint density at radius 1 is 0.775 bits per heavy atom. The van der Waals surface area contributed by atoms with E-state index in [2.05, 4.69) is 117 Å². The molecule has 4 fully saturated rings. The molecule has 4 bridgehead atoms. The summed E-state index contributed by atoms with van der Waals surface area (Å²) in [7, 11) is 3.39. The summed E-state index contributed by atoms with van der Waals surface area (Å²) in [4.78, 5) is 9.32. The fourth-order valence-electron chi connectivity index (χ4n) is 9.13. The first-order chi connectivity index (χ1) is 18.9. The number of hydrogen-bond acceptors (Lipinski definition) is 2. The molecule has 2 atom stereocenters. The smallest absolute Gasteiger partial charge is 0.0774 e. The van der Waals surface area contributed by atoms with Crippen molar-refractivity contribution in [2.75, 3.05) is 6.16 Å². The van der Waals surface area contributed by atoms with Crippen molar-refractivity contribution in [3.8, 4) is 0 Å². The van der Waals surface area contributed by atoms with E-state index in [-0.39, 0.29) is 5.41 Å². The fraction of sp³-hybridized carbons (Fsp3) is 0.529. The van der Waals surface area contributed by atoms with E-state index < -0.39 is 21.3 Å². The predicted molar refractivity (Wildman–Crippen MR) is 184 cm³/mol. The normalized spacial score (nSPS) is 28.2. The summed E-state index contributed by atoms with van der Waals surface area (Å²) < 4.78 is 0. The van der Waals surface area contributed by atoms with Gasteiger partial charge in [0.2, 0.25) is 0 Å². The summed E-state index contributed by atoms with van der Waals surface area (Å²) in [6.07, 6.45) is 16.3. The molecule has 0 amide bonds. The van der Waals surface area contributed by atoms with Gasteiger partial charge in [0.25, 0.3) is 0 Å². The number of aromatic nitrogens is 2. The van der Waals surface area contributed by atoms with E-state index >= 15 is 0 Å². The molecule has 4 saturated carbocycles. The third kappa shape index (κ3) is 4.56. The molecule has 0 radical (unpaired) electrons. The van der Waals surface area contributed by atoms with E-state index in [1.807, 2.05) is 12.4 Å². The van der Waals surface area contributed by atoms with Crippen molar-refractivity contribution >= 4 is 45.0 Å². The van der Waals surface area contributed by atoms with Crippen LogP contribution < -0.4 is 10.4 Å². The van der Waals surface area contributed by atoms with E-state index in [0.717, 1.165) is 29.8 Å². The van der Waals surface area contributed by atoms with Crippen molar-refractivity contribution in [1.29, 1.82) is 0 Å². The summed E-state index contributed by atoms with van der Waals surface area (Å²) >= 11 is 0. The molecule has 2 nitrogen and oxygen atoms in total. The van der Waals surface area contributed by atoms with Gasteiger partial charge >= 0.3 is 0 Å². The minimum atomic E-state index is -1.65. The molecule has 2 heterocycles. The largest absolute Gasteiger partial charge is 0.264 e. The topological polar surface area (TPSA) is 25.8 Å². The highest BCUT2D eigenvalue weighted by molar-refractivity contribution is 7.19. The van der Waals surface area contributed by atoms with Gasteiger partial charge in [0, 0.05) is 30.2 Å². The van der Waals surface area contributed by atoms with Crippen molar-refractivity contribution in [3.63, 3.8) is 0 Å². The minimum absolute atomic E-state index is 0.214. The third-order valence-corrected chi connectivity index (χ3v) is 16.8. The predicted octanol–water partition coefficient (Wildman–Crippen LogP) is 7.30. The quantitative estimate of drug-likeness (QED) is 0.210. The Bertz CT molecular complexity index is 1310. The second-order valence-corrected chi connectivity index (χ2v) is 26.6. The van der Waals surface area contributed by atoms with Crippen LogP contribution in [0.4, 0.5) is 0 Å².